The summed E-state index contributed by atoms with van der Waals surface area (Å²) in [7, 11) is 0. The van der Waals surface area contributed by atoms with Crippen LogP contribution in [0, 0.1) is 0 Å². The van der Waals surface area contributed by atoms with Crippen molar-refractivity contribution in [2.24, 2.45) is 10.8 Å². The lowest BCUT2D eigenvalue weighted by Gasteiger charge is -2.08. The van der Waals surface area contributed by atoms with Crippen molar-refractivity contribution in [1.82, 2.24) is 5.43 Å². The molecule has 0 aliphatic carbocycles. The molecule has 2 aromatic carbocycles. The van der Waals surface area contributed by atoms with Gasteiger partial charge in [-0.2, -0.15) is 5.10 Å². The lowest BCUT2D eigenvalue weighted by molar-refractivity contribution is -0.115. The van der Waals surface area contributed by atoms with E-state index in [0.29, 0.717) is 11.3 Å². The molecule has 0 atom stereocenters. The number of allylic oxidation sites excluding steroid dienone is 1. The van der Waals surface area contributed by atoms with Crippen molar-refractivity contribution in [1.29, 1.82) is 0 Å². The summed E-state index contributed by atoms with van der Waals surface area (Å²) in [4.78, 5) is 36.2. The highest BCUT2D eigenvalue weighted by molar-refractivity contribution is 7.80. The number of rotatable bonds is 8. The van der Waals surface area contributed by atoms with Gasteiger partial charge in [0.15, 0.2) is 16.7 Å². The van der Waals surface area contributed by atoms with Gasteiger partial charge in [0.2, 0.25) is 0 Å². The summed E-state index contributed by atoms with van der Waals surface area (Å²) in [5.74, 6) is -0.994. The normalized spacial score (nSPS) is 11.1. The maximum Gasteiger partial charge on any atom is 0.272 e. The SMILES string of the molecule is CC(=O)c1ccc(NC(=O)C(CC(=O)C=Cc2ccccc2)=NNC(N)=S)cc1. The third-order valence-electron chi connectivity index (χ3n) is 3.72. The fourth-order valence-corrected chi connectivity index (χ4v) is 2.31. The third kappa shape index (κ3) is 7.47. The number of hydrogen-bond donors (Lipinski definition) is 3. The van der Waals surface area contributed by atoms with E-state index in [1.807, 2.05) is 30.3 Å². The Morgan fingerprint density at radius 1 is 1.07 bits per heavy atom. The quantitative estimate of drug-likeness (QED) is 0.203. The van der Waals surface area contributed by atoms with E-state index in [2.05, 4.69) is 15.8 Å². The topological polar surface area (TPSA) is 114 Å². The number of amides is 1. The van der Waals surface area contributed by atoms with E-state index in [1.54, 1.807) is 30.3 Å². The summed E-state index contributed by atoms with van der Waals surface area (Å²) in [6.45, 7) is 1.45. The number of ketones is 2. The fraction of sp³-hybridized carbons (Fsp3) is 0.0952. The number of hydrazone groups is 1. The predicted octanol–water partition coefficient (Wildman–Crippen LogP) is 2.69. The molecule has 29 heavy (non-hydrogen) atoms. The Morgan fingerprint density at radius 3 is 2.31 bits per heavy atom. The van der Waals surface area contributed by atoms with Crippen LogP contribution in [0.2, 0.25) is 0 Å². The molecule has 2 aromatic rings. The van der Waals surface area contributed by atoms with Crippen molar-refractivity contribution in [3.05, 3.63) is 71.8 Å². The predicted molar refractivity (Wildman–Crippen MR) is 118 cm³/mol. The molecule has 4 N–H and O–H groups in total. The van der Waals surface area contributed by atoms with Gasteiger partial charge in [-0.25, -0.2) is 0 Å². The molecule has 1 amide bonds. The van der Waals surface area contributed by atoms with Gasteiger partial charge >= 0.3 is 0 Å². The first kappa shape index (κ1) is 21.6. The van der Waals surface area contributed by atoms with Gasteiger partial charge in [-0.3, -0.25) is 19.8 Å². The van der Waals surface area contributed by atoms with Crippen LogP contribution in [-0.2, 0) is 9.59 Å². The Bertz CT molecular complexity index is 967. The summed E-state index contributed by atoms with van der Waals surface area (Å²) in [5, 5.41) is 6.34. The van der Waals surface area contributed by atoms with Gasteiger partial charge in [0.1, 0.15) is 5.71 Å². The lowest BCUT2D eigenvalue weighted by atomic mass is 10.1. The molecule has 0 heterocycles. The molecule has 0 saturated heterocycles. The molecular formula is C21H20N4O3S. The van der Waals surface area contributed by atoms with Gasteiger partial charge in [-0.1, -0.05) is 36.4 Å². The molecule has 0 unspecified atom stereocenters. The zero-order valence-corrected chi connectivity index (χ0v) is 16.5. The fourth-order valence-electron chi connectivity index (χ4n) is 2.26. The molecule has 0 radical (unpaired) electrons. The van der Waals surface area contributed by atoms with Crippen molar-refractivity contribution < 1.29 is 14.4 Å². The second-order valence-corrected chi connectivity index (χ2v) is 6.45. The molecule has 7 nitrogen and oxygen atoms in total. The summed E-state index contributed by atoms with van der Waals surface area (Å²) >= 11 is 4.69. The van der Waals surface area contributed by atoms with Gasteiger partial charge < -0.3 is 11.1 Å². The van der Waals surface area contributed by atoms with Crippen molar-refractivity contribution in [2.75, 3.05) is 5.32 Å². The maximum absolute atomic E-state index is 12.5. The van der Waals surface area contributed by atoms with Crippen LogP contribution in [0.3, 0.4) is 0 Å². The molecule has 2 rings (SSSR count). The molecule has 0 aliphatic rings. The number of Topliss-reactive ketones (excluding diaryl/α,β-unsaturated/α-hetero) is 1. The van der Waals surface area contributed by atoms with E-state index in [9.17, 15) is 14.4 Å². The second-order valence-electron chi connectivity index (χ2n) is 6.01. The van der Waals surface area contributed by atoms with Gasteiger partial charge in [-0.15, -0.1) is 0 Å². The maximum atomic E-state index is 12.5. The van der Waals surface area contributed by atoms with Gasteiger partial charge in [0, 0.05) is 11.3 Å². The molecule has 0 bridgehead atoms. The third-order valence-corrected chi connectivity index (χ3v) is 3.81. The van der Waals surface area contributed by atoms with Crippen molar-refractivity contribution in [3.8, 4) is 0 Å². The Kier molecular flexibility index (Phi) is 7.93. The summed E-state index contributed by atoms with van der Waals surface area (Å²) in [6, 6.07) is 15.6. The first-order chi connectivity index (χ1) is 13.8. The van der Waals surface area contributed by atoms with Crippen LogP contribution in [0.25, 0.3) is 6.08 Å². The molecule has 148 valence electrons. The minimum absolute atomic E-state index is 0.0819. The standard InChI is InChI=1S/C21H20N4O3S/c1-14(26)16-8-10-17(11-9-16)23-20(28)19(24-25-21(22)29)13-18(27)12-7-15-5-3-2-4-6-15/h2-12H,13H2,1H3,(H,23,28)(H3,22,25,29). The van der Waals surface area contributed by atoms with Crippen LogP contribution < -0.4 is 16.5 Å². The number of hydrogen-bond acceptors (Lipinski definition) is 5. The van der Waals surface area contributed by atoms with E-state index in [1.165, 1.54) is 13.0 Å². The van der Waals surface area contributed by atoms with Crippen molar-refractivity contribution in [3.63, 3.8) is 0 Å². The van der Waals surface area contributed by atoms with Gasteiger partial charge in [-0.05, 0) is 55.0 Å². The number of carbonyl (C=O) groups excluding carboxylic acids is 3. The van der Waals surface area contributed by atoms with Crippen LogP contribution in [0.1, 0.15) is 29.3 Å². The molecule has 0 saturated carbocycles. The highest BCUT2D eigenvalue weighted by Crippen LogP contribution is 2.11. The van der Waals surface area contributed by atoms with E-state index < -0.39 is 5.91 Å². The summed E-state index contributed by atoms with van der Waals surface area (Å²) in [5.41, 5.74) is 9.43. The monoisotopic (exact) mass is 408 g/mol. The van der Waals surface area contributed by atoms with E-state index >= 15 is 0 Å². The summed E-state index contributed by atoms with van der Waals surface area (Å²) in [6.07, 6.45) is 2.77. The Hall–Kier alpha value is -3.65. The van der Waals surface area contributed by atoms with Crippen LogP contribution in [0.15, 0.2) is 65.8 Å². The number of thiocarbonyl (C=S) groups is 1. The molecule has 0 fully saturated rings. The van der Waals surface area contributed by atoms with Crippen LogP contribution in [0.4, 0.5) is 5.69 Å². The number of anilines is 1. The Morgan fingerprint density at radius 2 is 1.72 bits per heavy atom. The minimum Gasteiger partial charge on any atom is -0.375 e. The van der Waals surface area contributed by atoms with E-state index in [0.717, 1.165) is 5.56 Å². The average Bonchev–Trinajstić information content (AvgIpc) is 2.70. The van der Waals surface area contributed by atoms with E-state index in [4.69, 9.17) is 18.0 Å². The molecule has 0 spiro atoms. The van der Waals surface area contributed by atoms with Gasteiger partial charge in [0.25, 0.3) is 5.91 Å². The number of carbonyl (C=O) groups is 3. The van der Waals surface area contributed by atoms with Gasteiger partial charge in [0.05, 0.1) is 6.42 Å². The largest absolute Gasteiger partial charge is 0.375 e. The zero-order valence-electron chi connectivity index (χ0n) is 15.7. The van der Waals surface area contributed by atoms with Crippen LogP contribution >= 0.6 is 12.2 Å². The second kappa shape index (κ2) is 10.6. The first-order valence-corrected chi connectivity index (χ1v) is 9.06. The van der Waals surface area contributed by atoms with Crippen molar-refractivity contribution >= 4 is 52.3 Å². The molecular weight excluding hydrogens is 388 g/mol. The van der Waals surface area contributed by atoms with E-state index in [-0.39, 0.29) is 28.8 Å². The van der Waals surface area contributed by atoms with Crippen LogP contribution in [0.5, 0.6) is 0 Å². The molecule has 8 heteroatoms. The Balaban J connectivity index is 2.10. The first-order valence-electron chi connectivity index (χ1n) is 8.65. The molecule has 0 aliphatic heterocycles. The lowest BCUT2D eigenvalue weighted by Crippen LogP contribution is -2.31. The van der Waals surface area contributed by atoms with Crippen LogP contribution in [-0.4, -0.2) is 28.3 Å². The number of nitrogens with two attached hydrogens (primary N) is 1. The minimum atomic E-state index is -0.592. The number of benzene rings is 2. The number of nitrogens with zero attached hydrogens (tertiary/aromatic N) is 1. The average molecular weight is 408 g/mol. The summed E-state index contributed by atoms with van der Waals surface area (Å²) < 4.78 is 0. The Labute approximate surface area is 173 Å². The zero-order chi connectivity index (χ0) is 21.2. The molecule has 0 aromatic heterocycles. The highest BCUT2D eigenvalue weighted by Gasteiger charge is 2.16. The number of nitrogens with one attached hydrogen (secondary N) is 2. The smallest absolute Gasteiger partial charge is 0.272 e. The highest BCUT2D eigenvalue weighted by atomic mass is 32.1. The van der Waals surface area contributed by atoms with Crippen molar-refractivity contribution in [2.45, 2.75) is 13.3 Å².